The van der Waals surface area contributed by atoms with E-state index in [0.29, 0.717) is 12.5 Å². The Hall–Kier alpha value is -2.56. The molecule has 0 saturated carbocycles. The first kappa shape index (κ1) is 17.3. The predicted molar refractivity (Wildman–Crippen MR) is 96.8 cm³/mol. The molecule has 1 atom stereocenters. The molecule has 0 bridgehead atoms. The molecule has 1 aliphatic carbocycles. The lowest BCUT2D eigenvalue weighted by molar-refractivity contribution is 0.175. The molecule has 132 valence electrons. The fourth-order valence-corrected chi connectivity index (χ4v) is 3.47. The number of aromatic nitrogens is 1. The topological polar surface area (TPSA) is 71.5 Å². The van der Waals surface area contributed by atoms with E-state index >= 15 is 0 Å². The van der Waals surface area contributed by atoms with Gasteiger partial charge in [-0.2, -0.15) is 0 Å². The van der Waals surface area contributed by atoms with Gasteiger partial charge in [0.25, 0.3) is 0 Å². The molecule has 1 heterocycles. The molecule has 1 aromatic carbocycles. The van der Waals surface area contributed by atoms with Crippen molar-refractivity contribution in [3.05, 3.63) is 47.7 Å². The fourth-order valence-electron chi connectivity index (χ4n) is 3.47. The first-order valence-electron chi connectivity index (χ1n) is 8.62. The highest BCUT2D eigenvalue weighted by molar-refractivity contribution is 5.68. The number of amides is 1. The molecular weight excluding hydrogens is 316 g/mol. The highest BCUT2D eigenvalue weighted by Gasteiger charge is 2.39. The fraction of sp³-hybridized carbons (Fsp3) is 0.400. The quantitative estimate of drug-likeness (QED) is 0.845. The SMILES string of the molecule is CCCOc1ccc(-c2ccc3c(c2)CC(C)(C)C3NC(=O)O)cn1. The Morgan fingerprint density at radius 1 is 1.32 bits per heavy atom. The first-order chi connectivity index (χ1) is 11.9. The molecule has 5 nitrogen and oxygen atoms in total. The molecule has 0 spiro atoms. The van der Waals surface area contributed by atoms with E-state index in [-0.39, 0.29) is 11.5 Å². The summed E-state index contributed by atoms with van der Waals surface area (Å²) in [6.07, 6.45) is 2.63. The van der Waals surface area contributed by atoms with E-state index in [2.05, 4.69) is 37.1 Å². The number of nitrogens with zero attached hydrogens (tertiary/aromatic N) is 1. The summed E-state index contributed by atoms with van der Waals surface area (Å²) >= 11 is 0. The van der Waals surface area contributed by atoms with E-state index < -0.39 is 6.09 Å². The van der Waals surface area contributed by atoms with Crippen LogP contribution in [0.5, 0.6) is 5.88 Å². The summed E-state index contributed by atoms with van der Waals surface area (Å²) in [6, 6.07) is 9.91. The monoisotopic (exact) mass is 340 g/mol. The van der Waals surface area contributed by atoms with Crippen LogP contribution in [0.3, 0.4) is 0 Å². The summed E-state index contributed by atoms with van der Waals surface area (Å²) < 4.78 is 5.52. The van der Waals surface area contributed by atoms with Crippen LogP contribution in [-0.4, -0.2) is 22.8 Å². The maximum absolute atomic E-state index is 11.1. The van der Waals surface area contributed by atoms with Gasteiger partial charge < -0.3 is 15.2 Å². The van der Waals surface area contributed by atoms with Crippen molar-refractivity contribution in [3.8, 4) is 17.0 Å². The van der Waals surface area contributed by atoms with Crippen molar-refractivity contribution in [2.24, 2.45) is 5.41 Å². The third-order valence-electron chi connectivity index (χ3n) is 4.67. The molecule has 1 unspecified atom stereocenters. The molecule has 3 rings (SSSR count). The number of carboxylic acid groups (broad SMARTS) is 1. The zero-order valence-electron chi connectivity index (χ0n) is 14.9. The van der Waals surface area contributed by atoms with Gasteiger partial charge >= 0.3 is 6.09 Å². The van der Waals surface area contributed by atoms with E-state index in [1.165, 1.54) is 5.56 Å². The zero-order chi connectivity index (χ0) is 18.0. The smallest absolute Gasteiger partial charge is 0.405 e. The van der Waals surface area contributed by atoms with Crippen LogP contribution in [0.2, 0.25) is 0 Å². The first-order valence-corrected chi connectivity index (χ1v) is 8.62. The minimum atomic E-state index is -0.984. The van der Waals surface area contributed by atoms with Gasteiger partial charge in [-0.05, 0) is 41.0 Å². The molecule has 2 aromatic rings. The average Bonchev–Trinajstić information content (AvgIpc) is 2.82. The molecule has 1 amide bonds. The maximum atomic E-state index is 11.1. The summed E-state index contributed by atoms with van der Waals surface area (Å²) in [6.45, 7) is 6.91. The minimum Gasteiger partial charge on any atom is -0.478 e. The van der Waals surface area contributed by atoms with Crippen molar-refractivity contribution in [3.63, 3.8) is 0 Å². The summed E-state index contributed by atoms with van der Waals surface area (Å²) in [7, 11) is 0. The number of carbonyl (C=O) groups is 1. The zero-order valence-corrected chi connectivity index (χ0v) is 14.9. The van der Waals surface area contributed by atoms with Crippen LogP contribution in [0.4, 0.5) is 4.79 Å². The van der Waals surface area contributed by atoms with Gasteiger partial charge in [-0.25, -0.2) is 9.78 Å². The van der Waals surface area contributed by atoms with Crippen molar-refractivity contribution in [1.82, 2.24) is 10.3 Å². The van der Waals surface area contributed by atoms with Crippen LogP contribution in [-0.2, 0) is 6.42 Å². The van der Waals surface area contributed by atoms with E-state index in [4.69, 9.17) is 9.84 Å². The largest absolute Gasteiger partial charge is 0.478 e. The maximum Gasteiger partial charge on any atom is 0.405 e. The number of hydrogen-bond donors (Lipinski definition) is 2. The molecule has 1 aliphatic rings. The number of nitrogens with one attached hydrogen (secondary N) is 1. The highest BCUT2D eigenvalue weighted by Crippen LogP contribution is 2.46. The normalized spacial score (nSPS) is 17.8. The number of fused-ring (bicyclic) bond motifs is 1. The van der Waals surface area contributed by atoms with Crippen LogP contribution >= 0.6 is 0 Å². The molecule has 0 aliphatic heterocycles. The molecule has 0 radical (unpaired) electrons. The van der Waals surface area contributed by atoms with Gasteiger partial charge in [-0.15, -0.1) is 0 Å². The van der Waals surface area contributed by atoms with Crippen molar-refractivity contribution < 1.29 is 14.6 Å². The third kappa shape index (κ3) is 3.60. The Balaban J connectivity index is 1.86. The third-order valence-corrected chi connectivity index (χ3v) is 4.67. The second-order valence-corrected chi connectivity index (χ2v) is 7.20. The van der Waals surface area contributed by atoms with Crippen molar-refractivity contribution in [1.29, 1.82) is 0 Å². The van der Waals surface area contributed by atoms with Gasteiger partial charge in [-0.1, -0.05) is 39.0 Å². The standard InChI is InChI=1S/C20H24N2O3/c1-4-9-25-17-8-6-14(12-21-17)13-5-7-16-15(10-13)11-20(2,3)18(16)22-19(23)24/h5-8,10,12,18,22H,4,9,11H2,1-3H3,(H,23,24). The lowest BCUT2D eigenvalue weighted by Gasteiger charge is -2.27. The molecule has 5 heteroatoms. The van der Waals surface area contributed by atoms with Gasteiger partial charge in [0, 0.05) is 17.8 Å². The lowest BCUT2D eigenvalue weighted by Crippen LogP contribution is -2.34. The second-order valence-electron chi connectivity index (χ2n) is 7.20. The molecule has 0 saturated heterocycles. The number of pyridine rings is 1. The lowest BCUT2D eigenvalue weighted by atomic mass is 9.85. The Morgan fingerprint density at radius 2 is 2.08 bits per heavy atom. The Morgan fingerprint density at radius 3 is 2.72 bits per heavy atom. The minimum absolute atomic E-state index is 0.143. The summed E-state index contributed by atoms with van der Waals surface area (Å²) in [4.78, 5) is 15.5. The van der Waals surface area contributed by atoms with E-state index in [9.17, 15) is 4.79 Å². The van der Waals surface area contributed by atoms with Crippen LogP contribution in [0.15, 0.2) is 36.5 Å². The predicted octanol–water partition coefficient (Wildman–Crippen LogP) is 4.43. The summed E-state index contributed by atoms with van der Waals surface area (Å²) in [5, 5.41) is 11.8. The number of benzene rings is 1. The van der Waals surface area contributed by atoms with Crippen molar-refractivity contribution in [2.75, 3.05) is 6.61 Å². The Bertz CT molecular complexity index is 769. The van der Waals surface area contributed by atoms with Gasteiger partial charge in [0.2, 0.25) is 5.88 Å². The second kappa shape index (κ2) is 6.75. The summed E-state index contributed by atoms with van der Waals surface area (Å²) in [5.74, 6) is 0.638. The number of hydrogen-bond acceptors (Lipinski definition) is 3. The van der Waals surface area contributed by atoms with Gasteiger partial charge in [0.15, 0.2) is 0 Å². The number of ether oxygens (including phenoxy) is 1. The van der Waals surface area contributed by atoms with E-state index in [1.54, 1.807) is 0 Å². The molecule has 2 N–H and O–H groups in total. The van der Waals surface area contributed by atoms with Gasteiger partial charge in [0.05, 0.1) is 12.6 Å². The van der Waals surface area contributed by atoms with Crippen molar-refractivity contribution >= 4 is 6.09 Å². The van der Waals surface area contributed by atoms with E-state index in [1.807, 2.05) is 30.5 Å². The average molecular weight is 340 g/mol. The highest BCUT2D eigenvalue weighted by atomic mass is 16.5. The van der Waals surface area contributed by atoms with E-state index in [0.717, 1.165) is 29.5 Å². The Kier molecular flexibility index (Phi) is 4.66. The van der Waals surface area contributed by atoms with Crippen LogP contribution in [0.1, 0.15) is 44.4 Å². The molecule has 25 heavy (non-hydrogen) atoms. The summed E-state index contributed by atoms with van der Waals surface area (Å²) in [5.41, 5.74) is 4.22. The molecular formula is C20H24N2O3. The van der Waals surface area contributed by atoms with Gasteiger partial charge in [0.1, 0.15) is 0 Å². The number of rotatable bonds is 5. The van der Waals surface area contributed by atoms with Crippen molar-refractivity contribution in [2.45, 2.75) is 39.7 Å². The molecule has 1 aromatic heterocycles. The van der Waals surface area contributed by atoms with Crippen LogP contribution in [0.25, 0.3) is 11.1 Å². The van der Waals surface area contributed by atoms with Crippen LogP contribution < -0.4 is 10.1 Å². The van der Waals surface area contributed by atoms with Crippen LogP contribution in [0, 0.1) is 5.41 Å². The Labute approximate surface area is 148 Å². The molecule has 0 fully saturated rings. The van der Waals surface area contributed by atoms with Gasteiger partial charge in [-0.3, -0.25) is 0 Å².